The van der Waals surface area contributed by atoms with E-state index in [4.69, 9.17) is 9.72 Å². The van der Waals surface area contributed by atoms with Crippen molar-refractivity contribution in [3.05, 3.63) is 77.2 Å². The van der Waals surface area contributed by atoms with E-state index in [1.165, 1.54) is 0 Å². The first kappa shape index (κ1) is 26.3. The summed E-state index contributed by atoms with van der Waals surface area (Å²) in [7, 11) is 3.93. The predicted octanol–water partition coefficient (Wildman–Crippen LogP) is 5.65. The number of aromatic nitrogens is 2. The van der Waals surface area contributed by atoms with Crippen LogP contribution >= 0.6 is 0 Å². The van der Waals surface area contributed by atoms with Crippen LogP contribution in [-0.2, 0) is 6.42 Å². The fourth-order valence-electron chi connectivity index (χ4n) is 6.26. The normalized spacial score (nSPS) is 19.2. The van der Waals surface area contributed by atoms with Gasteiger partial charge in [0.25, 0.3) is 5.91 Å². The Hall–Kier alpha value is -3.97. The second kappa shape index (κ2) is 10.2. The van der Waals surface area contributed by atoms with Crippen LogP contribution in [0.25, 0.3) is 22.0 Å². The molecule has 2 atom stereocenters. The number of methoxy groups -OCH3 is 1. The minimum atomic E-state index is 0.0183. The van der Waals surface area contributed by atoms with Gasteiger partial charge >= 0.3 is 0 Å². The lowest BCUT2D eigenvalue weighted by atomic mass is 9.96. The maximum Gasteiger partial charge on any atom is 0.258 e. The fourth-order valence-corrected chi connectivity index (χ4v) is 6.26. The number of carbonyl (C=O) groups is 1. The van der Waals surface area contributed by atoms with Gasteiger partial charge in [0.15, 0.2) is 0 Å². The van der Waals surface area contributed by atoms with Gasteiger partial charge in [-0.1, -0.05) is 30.3 Å². The molecule has 6 rings (SSSR count). The van der Waals surface area contributed by atoms with Gasteiger partial charge in [-0.2, -0.15) is 0 Å². The molecule has 0 aliphatic carbocycles. The molecule has 206 valence electrons. The molecule has 40 heavy (non-hydrogen) atoms. The highest BCUT2D eigenvalue weighted by Crippen LogP contribution is 2.41. The number of aryl methyl sites for hydroxylation is 2. The molecular weight excluding hydrogens is 498 g/mol. The number of rotatable bonds is 4. The molecule has 7 heteroatoms. The van der Waals surface area contributed by atoms with E-state index in [1.54, 1.807) is 13.3 Å². The van der Waals surface area contributed by atoms with E-state index in [0.717, 1.165) is 75.6 Å². The SMILES string of the molecule is COc1cc2c(cc1N1CC(C)N(C)C(C)C1)N(C(=O)c1ccc(-c3nc(C)cnc3C)c3ccccc13)CC2. The Morgan fingerprint density at radius 3 is 2.42 bits per heavy atom. The molecular formula is C33H37N5O2. The fraction of sp³-hybridized carbons (Fsp3) is 0.364. The number of piperazine rings is 1. The highest BCUT2D eigenvalue weighted by Gasteiger charge is 2.32. The standard InChI is InChI=1S/C33H37N5O2/c1-20-17-34-23(4)32(35-20)27-11-12-28(26-10-8-7-9-25(26)27)33(39)38-14-13-24-15-31(40-6)30(16-29(24)38)37-18-21(2)36(5)22(3)19-37/h7-12,15-17,21-22H,13-14,18-19H2,1-6H3. The van der Waals surface area contributed by atoms with E-state index in [0.29, 0.717) is 24.2 Å². The van der Waals surface area contributed by atoms with Crippen LogP contribution < -0.4 is 14.5 Å². The molecule has 3 aromatic carbocycles. The Bertz CT molecular complexity index is 1600. The van der Waals surface area contributed by atoms with Gasteiger partial charge in [-0.3, -0.25) is 14.7 Å². The summed E-state index contributed by atoms with van der Waals surface area (Å²) < 4.78 is 5.86. The van der Waals surface area contributed by atoms with E-state index in [1.807, 2.05) is 49.1 Å². The minimum Gasteiger partial charge on any atom is -0.495 e. The zero-order valence-corrected chi connectivity index (χ0v) is 24.2. The van der Waals surface area contributed by atoms with Gasteiger partial charge in [-0.05, 0) is 75.7 Å². The summed E-state index contributed by atoms with van der Waals surface area (Å²) in [4.78, 5) is 30.3. The van der Waals surface area contributed by atoms with Crippen molar-refractivity contribution < 1.29 is 9.53 Å². The Kier molecular flexibility index (Phi) is 6.70. The van der Waals surface area contributed by atoms with Gasteiger partial charge in [0.1, 0.15) is 5.75 Å². The number of ether oxygens (including phenoxy) is 1. The van der Waals surface area contributed by atoms with Crippen molar-refractivity contribution in [3.63, 3.8) is 0 Å². The Morgan fingerprint density at radius 2 is 1.70 bits per heavy atom. The highest BCUT2D eigenvalue weighted by atomic mass is 16.5. The van der Waals surface area contributed by atoms with Crippen LogP contribution in [0.1, 0.15) is 41.2 Å². The molecule has 0 saturated carbocycles. The maximum absolute atomic E-state index is 14.2. The van der Waals surface area contributed by atoms with Crippen molar-refractivity contribution in [1.29, 1.82) is 0 Å². The van der Waals surface area contributed by atoms with Crippen LogP contribution in [-0.4, -0.2) is 66.7 Å². The molecule has 0 radical (unpaired) electrons. The monoisotopic (exact) mass is 535 g/mol. The summed E-state index contributed by atoms with van der Waals surface area (Å²) in [5.41, 5.74) is 7.48. The Morgan fingerprint density at radius 1 is 0.975 bits per heavy atom. The van der Waals surface area contributed by atoms with Crippen molar-refractivity contribution in [2.24, 2.45) is 0 Å². The molecule has 1 amide bonds. The third-order valence-corrected chi connectivity index (χ3v) is 8.71. The number of likely N-dealkylation sites (N-methyl/N-ethyl adjacent to an activating group) is 1. The number of amides is 1. The molecule has 0 spiro atoms. The van der Waals surface area contributed by atoms with Gasteiger partial charge in [-0.25, -0.2) is 4.98 Å². The lowest BCUT2D eigenvalue weighted by Gasteiger charge is -2.44. The number of nitrogens with zero attached hydrogens (tertiary/aromatic N) is 5. The first-order valence-corrected chi connectivity index (χ1v) is 14.1. The second-order valence-corrected chi connectivity index (χ2v) is 11.3. The Balaban J connectivity index is 1.40. The molecule has 2 aliphatic heterocycles. The first-order valence-electron chi connectivity index (χ1n) is 14.1. The molecule has 1 fully saturated rings. The summed E-state index contributed by atoms with van der Waals surface area (Å²) in [6.07, 6.45) is 2.60. The molecule has 4 aromatic rings. The van der Waals surface area contributed by atoms with Gasteiger partial charge in [0.05, 0.1) is 29.9 Å². The van der Waals surface area contributed by atoms with E-state index >= 15 is 0 Å². The maximum atomic E-state index is 14.2. The zero-order valence-electron chi connectivity index (χ0n) is 24.2. The van der Waals surface area contributed by atoms with Crippen LogP contribution in [0.15, 0.2) is 54.7 Å². The summed E-state index contributed by atoms with van der Waals surface area (Å²) in [6.45, 7) is 10.9. The molecule has 1 aromatic heterocycles. The van der Waals surface area contributed by atoms with E-state index < -0.39 is 0 Å². The highest BCUT2D eigenvalue weighted by molar-refractivity contribution is 6.17. The van der Waals surface area contributed by atoms with Crippen LogP contribution in [0.5, 0.6) is 5.75 Å². The number of benzene rings is 3. The largest absolute Gasteiger partial charge is 0.495 e. The predicted molar refractivity (Wildman–Crippen MR) is 162 cm³/mol. The van der Waals surface area contributed by atoms with Crippen LogP contribution in [0, 0.1) is 13.8 Å². The second-order valence-electron chi connectivity index (χ2n) is 11.3. The average molecular weight is 536 g/mol. The van der Waals surface area contributed by atoms with Crippen molar-refractivity contribution >= 4 is 28.1 Å². The van der Waals surface area contributed by atoms with Crippen molar-refractivity contribution in [1.82, 2.24) is 14.9 Å². The average Bonchev–Trinajstić information content (AvgIpc) is 3.38. The Labute approximate surface area is 236 Å². The summed E-state index contributed by atoms with van der Waals surface area (Å²) in [6, 6.07) is 17.2. The lowest BCUT2D eigenvalue weighted by Crippen LogP contribution is -2.55. The first-order chi connectivity index (χ1) is 19.3. The van der Waals surface area contributed by atoms with Gasteiger partial charge < -0.3 is 14.5 Å². The van der Waals surface area contributed by atoms with Crippen molar-refractivity contribution in [2.45, 2.75) is 46.2 Å². The molecule has 1 saturated heterocycles. The quantitative estimate of drug-likeness (QED) is 0.336. The van der Waals surface area contributed by atoms with Gasteiger partial charge in [-0.15, -0.1) is 0 Å². The summed E-state index contributed by atoms with van der Waals surface area (Å²) >= 11 is 0. The molecule has 3 heterocycles. The van der Waals surface area contributed by atoms with E-state index in [9.17, 15) is 4.79 Å². The van der Waals surface area contributed by atoms with Crippen LogP contribution in [0.2, 0.25) is 0 Å². The molecule has 2 unspecified atom stereocenters. The molecule has 2 aliphatic rings. The third-order valence-electron chi connectivity index (χ3n) is 8.71. The van der Waals surface area contributed by atoms with Crippen LogP contribution in [0.4, 0.5) is 11.4 Å². The number of carbonyl (C=O) groups excluding carboxylic acids is 1. The minimum absolute atomic E-state index is 0.0183. The summed E-state index contributed by atoms with van der Waals surface area (Å²) in [5.74, 6) is 0.895. The zero-order chi connectivity index (χ0) is 28.1. The van der Waals surface area contributed by atoms with Crippen molar-refractivity contribution in [3.8, 4) is 17.0 Å². The smallest absolute Gasteiger partial charge is 0.258 e. The lowest BCUT2D eigenvalue weighted by molar-refractivity contribution is 0.0991. The number of hydrogen-bond acceptors (Lipinski definition) is 6. The molecule has 0 bridgehead atoms. The van der Waals surface area contributed by atoms with E-state index in [-0.39, 0.29) is 5.91 Å². The van der Waals surface area contributed by atoms with Crippen molar-refractivity contribution in [2.75, 3.05) is 43.6 Å². The number of fused-ring (bicyclic) bond motifs is 2. The molecule has 0 N–H and O–H groups in total. The topological polar surface area (TPSA) is 61.8 Å². The van der Waals surface area contributed by atoms with Crippen LogP contribution in [0.3, 0.4) is 0 Å². The number of anilines is 2. The number of hydrogen-bond donors (Lipinski definition) is 0. The summed E-state index contributed by atoms with van der Waals surface area (Å²) in [5, 5.41) is 1.93. The third kappa shape index (κ3) is 4.38. The van der Waals surface area contributed by atoms with Gasteiger partial charge in [0.2, 0.25) is 0 Å². The van der Waals surface area contributed by atoms with Gasteiger partial charge in [0, 0.05) is 54.7 Å². The van der Waals surface area contributed by atoms with E-state index in [2.05, 4.69) is 53.9 Å². The molecule has 7 nitrogen and oxygen atoms in total.